The molecule has 0 aliphatic carbocycles. The van der Waals surface area contributed by atoms with Gasteiger partial charge in [-0.25, -0.2) is 0 Å². The van der Waals surface area contributed by atoms with Crippen molar-refractivity contribution in [2.75, 3.05) is 0 Å². The van der Waals surface area contributed by atoms with E-state index in [9.17, 15) is 0 Å². The summed E-state index contributed by atoms with van der Waals surface area (Å²) in [4.78, 5) is 0. The van der Waals surface area contributed by atoms with E-state index in [1.165, 1.54) is 22.3 Å². The number of benzene rings is 2. The van der Waals surface area contributed by atoms with E-state index in [4.69, 9.17) is 0 Å². The Labute approximate surface area is 370 Å². The molecule has 19 nitrogen and oxygen atoms in total. The molecule has 0 aromatic heterocycles. The summed E-state index contributed by atoms with van der Waals surface area (Å²) in [6, 6.07) is 11.1. The first-order chi connectivity index (χ1) is 11.9. The normalized spacial score (nSPS) is 6.10. The Bertz CT molecular complexity index is 942. The smallest absolute Gasteiger partial charge is 0 e. The molecule has 0 fully saturated rings. The van der Waals surface area contributed by atoms with Crippen LogP contribution in [0.3, 0.4) is 0 Å². The van der Waals surface area contributed by atoms with Crippen LogP contribution in [0.5, 0.6) is 0 Å². The van der Waals surface area contributed by atoms with E-state index in [2.05, 4.69) is 101 Å². The summed E-state index contributed by atoms with van der Waals surface area (Å²) in [6.45, 7) is 17.7. The Morgan fingerprint density at radius 1 is 0.408 bits per heavy atom. The molecule has 0 atom stereocenters. The fourth-order valence-electron chi connectivity index (χ4n) is 2.88. The van der Waals surface area contributed by atoms with E-state index in [0.717, 1.165) is 16.8 Å². The van der Waals surface area contributed by atoms with Gasteiger partial charge in [-0.3, -0.25) is 0 Å². The molecule has 0 aliphatic heterocycles. The second kappa shape index (κ2) is 64.1. The average molecular weight is 1230 g/mol. The van der Waals surface area contributed by atoms with Gasteiger partial charge in [0.2, 0.25) is 0 Å². The van der Waals surface area contributed by atoms with E-state index >= 15 is 0 Å². The maximum Gasteiger partial charge on any atom is 0 e. The third-order valence-corrected chi connectivity index (χ3v) is 5.05. The number of rotatable bonds is 0. The van der Waals surface area contributed by atoms with Gasteiger partial charge in [-0.1, -0.05) is 0 Å². The van der Waals surface area contributed by atoms with Crippen molar-refractivity contribution >= 4 is 5.69 Å². The molecule has 0 aliphatic rings. The fourth-order valence-corrected chi connectivity index (χ4v) is 3.59. The molecule has 25 heteroatoms. The summed E-state index contributed by atoms with van der Waals surface area (Å²) in [5, 5.41) is 0. The van der Waals surface area contributed by atoms with E-state index < -0.39 is 0 Å². The second-order valence-electron chi connectivity index (χ2n) is 9.10. The minimum absolute atomic E-state index is 0. The van der Waals surface area contributed by atoms with Crippen molar-refractivity contribution in [3.63, 3.8) is 0 Å². The van der Waals surface area contributed by atoms with Gasteiger partial charge < -0.3 is 98.6 Å². The Morgan fingerprint density at radius 2 is 0.612 bits per heavy atom. The number of hydrogen-bond acceptors (Lipinski definition) is 0. The molecular formula is C24H65Mo6NO18+. The van der Waals surface area contributed by atoms with Crippen LogP contribution in [0.1, 0.15) is 74.9 Å². The topological polar surface area (TPSA) is 571 Å². The van der Waals surface area contributed by atoms with Gasteiger partial charge in [-0.15, -0.1) is 0 Å². The molecule has 0 radical (unpaired) electrons. The van der Waals surface area contributed by atoms with Crippen molar-refractivity contribution in [1.82, 2.24) is 0 Å². The van der Waals surface area contributed by atoms with Gasteiger partial charge >= 0.3 is 170 Å². The molecular weight excluding hydrogens is 1170 g/mol. The van der Waals surface area contributed by atoms with E-state index in [1.807, 2.05) is 0 Å². The largest absolute Gasteiger partial charge is 0.412 e. The maximum atomic E-state index is 4.37. The van der Waals surface area contributed by atoms with Crippen LogP contribution in [0.2, 0.25) is 0 Å². The van der Waals surface area contributed by atoms with Gasteiger partial charge in [0.1, 0.15) is 0 Å². The van der Waals surface area contributed by atoms with Gasteiger partial charge in [0.15, 0.2) is 0 Å². The monoisotopic (exact) mass is 1240 g/mol. The third kappa shape index (κ3) is 47.1. The molecule has 2 rings (SSSR count). The molecule has 2 aromatic rings. The first-order valence-electron chi connectivity index (χ1n) is 9.04. The summed E-state index contributed by atoms with van der Waals surface area (Å²) in [5.74, 6) is 6.76. The summed E-state index contributed by atoms with van der Waals surface area (Å²) < 4.78 is 4.37. The van der Waals surface area contributed by atoms with E-state index in [1.54, 1.807) is 19.4 Å². The predicted molar refractivity (Wildman–Crippen MR) is 174 cm³/mol. The second-order valence-corrected chi connectivity index (χ2v) is 9.55. The van der Waals surface area contributed by atoms with Gasteiger partial charge in [0.25, 0.3) is 0 Å². The van der Waals surface area contributed by atoms with Crippen LogP contribution in [0, 0.1) is 25.7 Å². The van der Waals surface area contributed by atoms with E-state index in [-0.39, 0.29) is 215 Å². The van der Waals surface area contributed by atoms with Gasteiger partial charge in [-0.2, -0.15) is 0 Å². The van der Waals surface area contributed by atoms with Crippen molar-refractivity contribution in [3.05, 3.63) is 67.0 Å². The Morgan fingerprint density at radius 3 is 0.796 bits per heavy atom. The van der Waals surface area contributed by atoms with Crippen LogP contribution in [-0.4, -0.2) is 98.6 Å². The molecule has 2 aromatic carbocycles. The predicted octanol–water partition coefficient (Wildman–Crippen LogP) is -8.09. The molecule has 0 heterocycles. The fraction of sp³-hybridized carbons (Fsp3) is 0.417. The zero-order valence-electron chi connectivity index (χ0n) is 28.3. The minimum atomic E-state index is 0. The summed E-state index contributed by atoms with van der Waals surface area (Å²) in [5.41, 5.74) is 8.45. The van der Waals surface area contributed by atoms with Gasteiger partial charge in [0, 0.05) is 105 Å². The van der Waals surface area contributed by atoms with E-state index in [0.29, 0.717) is 0 Å². The van der Waals surface area contributed by atoms with Crippen LogP contribution < -0.4 is 0 Å². The summed E-state index contributed by atoms with van der Waals surface area (Å²) in [7, 11) is 0. The van der Waals surface area contributed by atoms with Gasteiger partial charge in [-0.05, 0) is 0 Å². The molecule has 309 valence electrons. The molecule has 0 saturated heterocycles. The molecule has 49 heavy (non-hydrogen) atoms. The molecule has 0 spiro atoms. The molecule has 0 amide bonds. The summed E-state index contributed by atoms with van der Waals surface area (Å²) in [6.07, 6.45) is 0. The van der Waals surface area contributed by atoms with Crippen LogP contribution >= 0.6 is 0 Å². The third-order valence-electron chi connectivity index (χ3n) is 4.60. The standard InChI is InChI=1S/C24H29N.6Mo.18H2O/c1-16-11-18(12-17(2)22(16)25)9-10-19-13-20(23(3,4)5)15-21(14-19)24(6,7)8;;;;;;;;;;;;;;;;;;;;;;;;/h11-15H,1-8H3;;;;;;;18*1H2/q+1;;;;;;;;;;;;;;;;;;;;;;;;. The summed E-state index contributed by atoms with van der Waals surface area (Å²) >= 11 is 1.77. The molecule has 0 bridgehead atoms. The molecule has 0 unspecified atom stereocenters. The van der Waals surface area contributed by atoms with Gasteiger partial charge in [0.05, 0.1) is 0 Å². The quantitative estimate of drug-likeness (QED) is 0.175. The van der Waals surface area contributed by atoms with Crippen LogP contribution in [0.15, 0.2) is 30.3 Å². The zero-order chi connectivity index (χ0) is 19.7. The number of hydrogen-bond donors (Lipinski definition) is 0. The number of nitrogens with zero attached hydrogens (tertiary/aromatic N) is 1. The Balaban J connectivity index is -0.0000000158. The van der Waals surface area contributed by atoms with Crippen molar-refractivity contribution in [1.29, 1.82) is 0 Å². The minimum Gasteiger partial charge on any atom is -0.412 e. The van der Waals surface area contributed by atoms with Crippen molar-refractivity contribution < 1.29 is 223 Å². The molecule has 36 N–H and O–H groups in total. The number of aryl methyl sites for hydroxylation is 2. The van der Waals surface area contributed by atoms with Crippen molar-refractivity contribution in [3.8, 4) is 11.8 Å². The maximum absolute atomic E-state index is 4.37. The van der Waals surface area contributed by atoms with Crippen LogP contribution in [-0.2, 0) is 136 Å². The van der Waals surface area contributed by atoms with Crippen molar-refractivity contribution in [2.45, 2.75) is 66.2 Å². The van der Waals surface area contributed by atoms with Crippen LogP contribution in [0.25, 0.3) is 3.31 Å². The first-order valence-corrected chi connectivity index (χ1v) is 9.94. The molecule has 0 saturated carbocycles. The Kier molecular flexibility index (Phi) is 200. The Hall–Kier alpha value is 1.12. The SMILES string of the molecule is Cc1cc(C#Cc2cc(C(C)(C)C)cc(C(C)(C)C)c2)cc(C)c1[N+]#[Mo].O.O.O.O.O.O.O.O.O.O.O.O.O.O.O.O.O.O.[Mo].[Mo].[Mo].[Mo].[Mo]. The average Bonchev–Trinajstić information content (AvgIpc) is 2.51. The van der Waals surface area contributed by atoms with Crippen molar-refractivity contribution in [2.24, 2.45) is 0 Å². The van der Waals surface area contributed by atoms with Crippen LogP contribution in [0.4, 0.5) is 5.69 Å². The first kappa shape index (κ1) is 153. The zero-order valence-corrected chi connectivity index (χ0v) is 40.3.